The highest BCUT2D eigenvalue weighted by molar-refractivity contribution is 9.10. The Morgan fingerprint density at radius 1 is 1.46 bits per heavy atom. The van der Waals surface area contributed by atoms with Crippen LogP contribution < -0.4 is 0 Å². The first-order valence-corrected chi connectivity index (χ1v) is 4.82. The normalized spacial score (nSPS) is 10.3. The number of H-pyrrole nitrogens is 1. The molecule has 0 aliphatic heterocycles. The average Bonchev–Trinajstić information content (AvgIpc) is 2.53. The third-order valence-electron chi connectivity index (χ3n) is 1.84. The van der Waals surface area contributed by atoms with E-state index in [2.05, 4.69) is 38.9 Å². The second-order valence-electron chi connectivity index (χ2n) is 2.92. The summed E-state index contributed by atoms with van der Waals surface area (Å²) in [4.78, 5) is 7.45. The molecule has 2 aromatic rings. The zero-order valence-corrected chi connectivity index (χ0v) is 8.80. The quantitative estimate of drug-likeness (QED) is 0.810. The molecule has 2 heterocycles. The van der Waals surface area contributed by atoms with Crippen LogP contribution in [0, 0.1) is 6.92 Å². The van der Waals surface area contributed by atoms with Crippen molar-refractivity contribution in [2.24, 2.45) is 0 Å². The summed E-state index contributed by atoms with van der Waals surface area (Å²) >= 11 is 3.46. The number of aryl methyl sites for hydroxylation is 1. The van der Waals surface area contributed by atoms with Crippen LogP contribution in [0.2, 0.25) is 0 Å². The number of nitrogens with one attached hydrogen (secondary N) is 1. The second kappa shape index (κ2) is 3.34. The molecule has 0 fully saturated rings. The van der Waals surface area contributed by atoms with E-state index in [1.807, 2.05) is 18.3 Å². The van der Waals surface area contributed by atoms with Crippen molar-refractivity contribution in [3.8, 4) is 11.4 Å². The van der Waals surface area contributed by atoms with Crippen LogP contribution in [0.4, 0.5) is 0 Å². The SMILES string of the molecule is Cc1c[nH]c(-c2ncccc2Br)c1. The van der Waals surface area contributed by atoms with E-state index in [0.29, 0.717) is 0 Å². The molecule has 0 saturated carbocycles. The van der Waals surface area contributed by atoms with Crippen molar-refractivity contribution in [1.29, 1.82) is 0 Å². The summed E-state index contributed by atoms with van der Waals surface area (Å²) < 4.78 is 1.01. The standard InChI is InChI=1S/C10H9BrN2/c1-7-5-9(13-6-7)10-8(11)3-2-4-12-10/h2-6,13H,1H3. The lowest BCUT2D eigenvalue weighted by Crippen LogP contribution is -1.83. The molecule has 1 N–H and O–H groups in total. The van der Waals surface area contributed by atoms with Gasteiger partial charge >= 0.3 is 0 Å². The molecule has 0 amide bonds. The fourth-order valence-electron chi connectivity index (χ4n) is 1.22. The molecule has 0 spiro atoms. The molecular weight excluding hydrogens is 228 g/mol. The molecule has 2 nitrogen and oxygen atoms in total. The van der Waals surface area contributed by atoms with Gasteiger partial charge in [0, 0.05) is 16.9 Å². The Bertz CT molecular complexity index is 420. The van der Waals surface area contributed by atoms with Crippen molar-refractivity contribution in [2.45, 2.75) is 6.92 Å². The van der Waals surface area contributed by atoms with E-state index in [9.17, 15) is 0 Å². The van der Waals surface area contributed by atoms with Crippen molar-refractivity contribution < 1.29 is 0 Å². The third-order valence-corrected chi connectivity index (χ3v) is 2.48. The molecule has 0 saturated heterocycles. The molecule has 3 heteroatoms. The van der Waals surface area contributed by atoms with E-state index in [1.54, 1.807) is 6.20 Å². The van der Waals surface area contributed by atoms with Crippen LogP contribution in [-0.2, 0) is 0 Å². The smallest absolute Gasteiger partial charge is 0.101 e. The van der Waals surface area contributed by atoms with E-state index in [-0.39, 0.29) is 0 Å². The maximum Gasteiger partial charge on any atom is 0.101 e. The maximum atomic E-state index is 4.28. The van der Waals surface area contributed by atoms with E-state index >= 15 is 0 Å². The van der Waals surface area contributed by atoms with Crippen molar-refractivity contribution in [2.75, 3.05) is 0 Å². The molecule has 13 heavy (non-hydrogen) atoms. The van der Waals surface area contributed by atoms with Gasteiger partial charge < -0.3 is 4.98 Å². The number of halogens is 1. The summed E-state index contributed by atoms with van der Waals surface area (Å²) in [5, 5.41) is 0. The average molecular weight is 237 g/mol. The topological polar surface area (TPSA) is 28.7 Å². The molecule has 2 rings (SSSR count). The molecule has 0 bridgehead atoms. The number of nitrogens with zero attached hydrogens (tertiary/aromatic N) is 1. The largest absolute Gasteiger partial charge is 0.360 e. The number of aromatic nitrogens is 2. The summed E-state index contributed by atoms with van der Waals surface area (Å²) in [6, 6.07) is 5.97. The Labute approximate surface area is 85.1 Å². The lowest BCUT2D eigenvalue weighted by molar-refractivity contribution is 1.26. The van der Waals surface area contributed by atoms with Crippen LogP contribution >= 0.6 is 15.9 Å². The summed E-state index contributed by atoms with van der Waals surface area (Å²) in [7, 11) is 0. The predicted molar refractivity (Wildman–Crippen MR) is 56.5 cm³/mol. The zero-order chi connectivity index (χ0) is 9.26. The Morgan fingerprint density at radius 2 is 2.31 bits per heavy atom. The van der Waals surface area contributed by atoms with Gasteiger partial charge in [0.1, 0.15) is 5.69 Å². The van der Waals surface area contributed by atoms with Gasteiger partial charge in [-0.05, 0) is 46.6 Å². The first-order valence-electron chi connectivity index (χ1n) is 4.03. The Morgan fingerprint density at radius 3 is 2.92 bits per heavy atom. The number of hydrogen-bond acceptors (Lipinski definition) is 1. The molecule has 0 atom stereocenters. The number of aromatic amines is 1. The van der Waals surface area contributed by atoms with Crippen LogP contribution in [0.5, 0.6) is 0 Å². The highest BCUT2D eigenvalue weighted by Gasteiger charge is 2.04. The molecule has 0 aliphatic carbocycles. The summed E-state index contributed by atoms with van der Waals surface area (Å²) in [5.41, 5.74) is 3.22. The van der Waals surface area contributed by atoms with Crippen molar-refractivity contribution in [3.63, 3.8) is 0 Å². The molecular formula is C10H9BrN2. The van der Waals surface area contributed by atoms with Crippen LogP contribution in [0.3, 0.4) is 0 Å². The summed E-state index contributed by atoms with van der Waals surface area (Å²) in [6.45, 7) is 2.05. The maximum absolute atomic E-state index is 4.28. The Kier molecular flexibility index (Phi) is 2.19. The van der Waals surface area contributed by atoms with Gasteiger partial charge in [-0.2, -0.15) is 0 Å². The second-order valence-corrected chi connectivity index (χ2v) is 3.78. The van der Waals surface area contributed by atoms with Crippen LogP contribution in [0.1, 0.15) is 5.56 Å². The lowest BCUT2D eigenvalue weighted by Gasteiger charge is -1.98. The highest BCUT2D eigenvalue weighted by Crippen LogP contribution is 2.24. The van der Waals surface area contributed by atoms with Gasteiger partial charge in [0.15, 0.2) is 0 Å². The van der Waals surface area contributed by atoms with E-state index in [1.165, 1.54) is 5.56 Å². The number of pyridine rings is 1. The van der Waals surface area contributed by atoms with Crippen molar-refractivity contribution >= 4 is 15.9 Å². The van der Waals surface area contributed by atoms with Gasteiger partial charge in [-0.25, -0.2) is 0 Å². The van der Waals surface area contributed by atoms with Gasteiger partial charge in [-0.1, -0.05) is 0 Å². The van der Waals surface area contributed by atoms with Crippen LogP contribution in [0.15, 0.2) is 35.1 Å². The minimum atomic E-state index is 0.954. The first kappa shape index (κ1) is 8.51. The van der Waals surface area contributed by atoms with Crippen molar-refractivity contribution in [1.82, 2.24) is 9.97 Å². The molecule has 0 aliphatic rings. The predicted octanol–water partition coefficient (Wildman–Crippen LogP) is 3.15. The minimum absolute atomic E-state index is 0.954. The Balaban J connectivity index is 2.52. The fraction of sp³-hybridized carbons (Fsp3) is 0.100. The lowest BCUT2D eigenvalue weighted by atomic mass is 10.2. The highest BCUT2D eigenvalue weighted by atomic mass is 79.9. The minimum Gasteiger partial charge on any atom is -0.360 e. The van der Waals surface area contributed by atoms with Gasteiger partial charge in [0.05, 0.1) is 5.69 Å². The van der Waals surface area contributed by atoms with E-state index < -0.39 is 0 Å². The van der Waals surface area contributed by atoms with Crippen LogP contribution in [0.25, 0.3) is 11.4 Å². The molecule has 0 unspecified atom stereocenters. The number of rotatable bonds is 1. The monoisotopic (exact) mass is 236 g/mol. The molecule has 0 radical (unpaired) electrons. The van der Waals surface area contributed by atoms with Gasteiger partial charge in [0.25, 0.3) is 0 Å². The van der Waals surface area contributed by atoms with E-state index in [0.717, 1.165) is 15.9 Å². The van der Waals surface area contributed by atoms with Crippen molar-refractivity contribution in [3.05, 3.63) is 40.6 Å². The fourth-order valence-corrected chi connectivity index (χ4v) is 1.69. The number of hydrogen-bond donors (Lipinski definition) is 1. The van der Waals surface area contributed by atoms with Gasteiger partial charge in [-0.15, -0.1) is 0 Å². The summed E-state index contributed by atoms with van der Waals surface area (Å²) in [5.74, 6) is 0. The van der Waals surface area contributed by atoms with Gasteiger partial charge in [-0.3, -0.25) is 4.98 Å². The zero-order valence-electron chi connectivity index (χ0n) is 7.21. The van der Waals surface area contributed by atoms with Crippen LogP contribution in [-0.4, -0.2) is 9.97 Å². The third kappa shape index (κ3) is 1.65. The summed E-state index contributed by atoms with van der Waals surface area (Å²) in [6.07, 6.45) is 3.76. The Hall–Kier alpha value is -1.09. The molecule has 66 valence electrons. The first-order chi connectivity index (χ1) is 6.27. The van der Waals surface area contributed by atoms with Gasteiger partial charge in [0.2, 0.25) is 0 Å². The van der Waals surface area contributed by atoms with E-state index in [4.69, 9.17) is 0 Å². The molecule has 0 aromatic carbocycles. The molecule has 2 aromatic heterocycles.